The number of aromatic nitrogens is 2. The number of aryl methyl sites for hydroxylation is 2. The molecule has 42 heavy (non-hydrogen) atoms. The fourth-order valence-electron chi connectivity index (χ4n) is 4.15. The molecule has 2 heterocycles. The SMILES string of the molecule is Cc1nc2c(OCc3c(Cl)ccc(N(C)C(=O)CNC(=O)/C=C/c4ccc(C(=O)N(C)C)cc4)c3Cl)cccn2c1C. The van der Waals surface area contributed by atoms with Crippen LogP contribution in [0.2, 0.25) is 10.0 Å². The number of imidazole rings is 1. The number of fused-ring (bicyclic) bond motifs is 1. The maximum absolute atomic E-state index is 12.9. The number of pyridine rings is 1. The third-order valence-electron chi connectivity index (χ3n) is 6.77. The molecule has 0 aliphatic heterocycles. The molecule has 0 bridgehead atoms. The van der Waals surface area contributed by atoms with Gasteiger partial charge in [-0.15, -0.1) is 0 Å². The molecule has 0 fully saturated rings. The summed E-state index contributed by atoms with van der Waals surface area (Å²) >= 11 is 13.1. The van der Waals surface area contributed by atoms with Gasteiger partial charge in [0, 0.05) is 55.3 Å². The molecule has 0 saturated carbocycles. The van der Waals surface area contributed by atoms with Crippen LogP contribution >= 0.6 is 23.2 Å². The van der Waals surface area contributed by atoms with Gasteiger partial charge in [0.05, 0.1) is 22.9 Å². The summed E-state index contributed by atoms with van der Waals surface area (Å²) in [7, 11) is 4.93. The van der Waals surface area contributed by atoms with E-state index in [1.54, 1.807) is 63.6 Å². The van der Waals surface area contributed by atoms with Crippen molar-refractivity contribution < 1.29 is 19.1 Å². The van der Waals surface area contributed by atoms with Crippen LogP contribution in [-0.2, 0) is 16.2 Å². The minimum Gasteiger partial charge on any atom is -0.485 e. The van der Waals surface area contributed by atoms with Gasteiger partial charge in [0.25, 0.3) is 5.91 Å². The van der Waals surface area contributed by atoms with Crippen molar-refractivity contribution in [1.29, 1.82) is 0 Å². The standard InChI is InChI=1S/C31H31Cl2N5O4/c1-19-20(2)38-16-6-7-26(30(38)35-19)42-18-23-24(32)13-14-25(29(23)33)37(5)28(40)17-34-27(39)15-10-21-8-11-22(12-9-21)31(41)36(3)4/h6-16H,17-18H2,1-5H3,(H,34,39)/b15-10+. The quantitative estimate of drug-likeness (QED) is 0.259. The van der Waals surface area contributed by atoms with Crippen molar-refractivity contribution in [2.75, 3.05) is 32.6 Å². The lowest BCUT2D eigenvalue weighted by atomic mass is 10.1. The van der Waals surface area contributed by atoms with Crippen molar-refractivity contribution in [1.82, 2.24) is 19.6 Å². The van der Waals surface area contributed by atoms with Gasteiger partial charge >= 0.3 is 0 Å². The van der Waals surface area contributed by atoms with Gasteiger partial charge in [-0.25, -0.2) is 4.98 Å². The normalized spacial score (nSPS) is 11.1. The minimum atomic E-state index is -0.444. The molecule has 11 heteroatoms. The topological polar surface area (TPSA) is 96.2 Å². The predicted molar refractivity (Wildman–Crippen MR) is 165 cm³/mol. The summed E-state index contributed by atoms with van der Waals surface area (Å²) in [5.74, 6) is -0.361. The van der Waals surface area contributed by atoms with Crippen LogP contribution in [0, 0.1) is 13.8 Å². The minimum absolute atomic E-state index is 0.0595. The van der Waals surface area contributed by atoms with E-state index in [4.69, 9.17) is 27.9 Å². The summed E-state index contributed by atoms with van der Waals surface area (Å²) in [4.78, 5) is 44.7. The number of hydrogen-bond donors (Lipinski definition) is 1. The number of halogens is 2. The van der Waals surface area contributed by atoms with E-state index < -0.39 is 5.91 Å². The number of amides is 3. The van der Waals surface area contributed by atoms with Crippen LogP contribution in [0.3, 0.4) is 0 Å². The highest BCUT2D eigenvalue weighted by atomic mass is 35.5. The third kappa shape index (κ3) is 6.75. The lowest BCUT2D eigenvalue weighted by molar-refractivity contribution is -0.122. The van der Waals surface area contributed by atoms with E-state index in [0.29, 0.717) is 33.2 Å². The van der Waals surface area contributed by atoms with Gasteiger partial charge in [-0.1, -0.05) is 35.3 Å². The average Bonchev–Trinajstić information content (AvgIpc) is 3.27. The number of ether oxygens (including phenoxy) is 1. The molecule has 0 saturated heterocycles. The van der Waals surface area contributed by atoms with Crippen LogP contribution < -0.4 is 15.0 Å². The monoisotopic (exact) mass is 607 g/mol. The summed E-state index contributed by atoms with van der Waals surface area (Å²) in [6, 6.07) is 13.8. The average molecular weight is 609 g/mol. The van der Waals surface area contributed by atoms with E-state index in [9.17, 15) is 14.4 Å². The maximum Gasteiger partial charge on any atom is 0.253 e. The number of carbonyl (C=O) groups is 3. The van der Waals surface area contributed by atoms with Gasteiger partial charge in [0.1, 0.15) is 6.61 Å². The lowest BCUT2D eigenvalue weighted by Crippen LogP contribution is -2.37. The van der Waals surface area contributed by atoms with Gasteiger partial charge in [0.15, 0.2) is 11.4 Å². The molecule has 0 spiro atoms. The number of hydrogen-bond acceptors (Lipinski definition) is 5. The Hall–Kier alpha value is -4.34. The van der Waals surface area contributed by atoms with Crippen molar-refractivity contribution >= 4 is 58.3 Å². The molecule has 0 radical (unpaired) electrons. The molecule has 0 aliphatic rings. The second-order valence-electron chi connectivity index (χ2n) is 9.82. The summed E-state index contributed by atoms with van der Waals surface area (Å²) in [5, 5.41) is 3.24. The largest absolute Gasteiger partial charge is 0.485 e. The van der Waals surface area contributed by atoms with E-state index in [1.165, 1.54) is 15.9 Å². The molecule has 0 atom stereocenters. The Balaban J connectivity index is 1.38. The first kappa shape index (κ1) is 30.6. The van der Waals surface area contributed by atoms with E-state index >= 15 is 0 Å². The van der Waals surface area contributed by atoms with Gasteiger partial charge in [-0.05, 0) is 61.9 Å². The number of nitrogens with zero attached hydrogens (tertiary/aromatic N) is 4. The van der Waals surface area contributed by atoms with E-state index in [0.717, 1.165) is 17.0 Å². The fraction of sp³-hybridized carbons (Fsp3) is 0.226. The summed E-state index contributed by atoms with van der Waals surface area (Å²) in [6.07, 6.45) is 4.84. The van der Waals surface area contributed by atoms with Crippen molar-refractivity contribution in [2.45, 2.75) is 20.5 Å². The zero-order valence-electron chi connectivity index (χ0n) is 23.9. The van der Waals surface area contributed by atoms with E-state index in [1.807, 2.05) is 36.6 Å². The number of rotatable bonds is 9. The number of likely N-dealkylation sites (N-methyl/N-ethyl adjacent to an activating group) is 1. The molecule has 9 nitrogen and oxygen atoms in total. The smallest absolute Gasteiger partial charge is 0.253 e. The second-order valence-corrected chi connectivity index (χ2v) is 10.6. The van der Waals surface area contributed by atoms with Crippen LogP contribution in [0.4, 0.5) is 5.69 Å². The van der Waals surface area contributed by atoms with Crippen LogP contribution in [0.1, 0.15) is 32.9 Å². The van der Waals surface area contributed by atoms with Crippen molar-refractivity contribution in [3.63, 3.8) is 0 Å². The van der Waals surface area contributed by atoms with Crippen molar-refractivity contribution in [3.8, 4) is 5.75 Å². The molecule has 0 aliphatic carbocycles. The molecular weight excluding hydrogens is 577 g/mol. The summed E-state index contributed by atoms with van der Waals surface area (Å²) in [6.45, 7) is 3.73. The van der Waals surface area contributed by atoms with Crippen LogP contribution in [-0.4, -0.2) is 59.7 Å². The first-order valence-electron chi connectivity index (χ1n) is 13.1. The Labute approximate surface area is 254 Å². The molecule has 218 valence electrons. The van der Waals surface area contributed by atoms with E-state index in [-0.39, 0.29) is 30.0 Å². The van der Waals surface area contributed by atoms with Crippen molar-refractivity contribution in [2.24, 2.45) is 0 Å². The first-order valence-corrected chi connectivity index (χ1v) is 13.8. The van der Waals surface area contributed by atoms with Gasteiger partial charge < -0.3 is 24.3 Å². The molecule has 4 aromatic rings. The Morgan fingerprint density at radius 1 is 1.02 bits per heavy atom. The zero-order chi connectivity index (χ0) is 30.6. The lowest BCUT2D eigenvalue weighted by Gasteiger charge is -2.21. The van der Waals surface area contributed by atoms with Crippen LogP contribution in [0.25, 0.3) is 11.7 Å². The Morgan fingerprint density at radius 2 is 1.74 bits per heavy atom. The predicted octanol–water partition coefficient (Wildman–Crippen LogP) is 5.33. The van der Waals surface area contributed by atoms with Crippen LogP contribution in [0.15, 0.2) is 60.8 Å². The van der Waals surface area contributed by atoms with E-state index in [2.05, 4.69) is 10.3 Å². The maximum atomic E-state index is 12.9. The molecule has 1 N–H and O–H groups in total. The molecule has 4 rings (SSSR count). The first-order chi connectivity index (χ1) is 20.0. The fourth-order valence-corrected chi connectivity index (χ4v) is 4.76. The molecule has 2 aromatic carbocycles. The van der Waals surface area contributed by atoms with Gasteiger partial charge in [-0.2, -0.15) is 0 Å². The van der Waals surface area contributed by atoms with Gasteiger partial charge in [0.2, 0.25) is 11.8 Å². The Bertz CT molecular complexity index is 1680. The number of nitrogens with one attached hydrogen (secondary N) is 1. The molecule has 2 aromatic heterocycles. The second kappa shape index (κ2) is 13.1. The highest BCUT2D eigenvalue weighted by Crippen LogP contribution is 2.35. The number of benzene rings is 2. The molecular formula is C31H31Cl2N5O4. The van der Waals surface area contributed by atoms with Gasteiger partial charge in [-0.3, -0.25) is 14.4 Å². The molecule has 3 amide bonds. The Kier molecular flexibility index (Phi) is 9.55. The number of anilines is 1. The van der Waals surface area contributed by atoms with Crippen LogP contribution in [0.5, 0.6) is 5.75 Å². The Morgan fingerprint density at radius 3 is 2.43 bits per heavy atom. The summed E-state index contributed by atoms with van der Waals surface area (Å²) < 4.78 is 8.01. The summed E-state index contributed by atoms with van der Waals surface area (Å²) in [5.41, 5.74) is 4.83. The molecule has 0 unspecified atom stereocenters. The zero-order valence-corrected chi connectivity index (χ0v) is 25.5. The third-order valence-corrected chi connectivity index (χ3v) is 7.54. The highest BCUT2D eigenvalue weighted by Gasteiger charge is 2.20. The van der Waals surface area contributed by atoms with Crippen molar-refractivity contribution in [3.05, 3.63) is 98.9 Å². The highest BCUT2D eigenvalue weighted by molar-refractivity contribution is 6.38. The number of carbonyl (C=O) groups excluding carboxylic acids is 3.